The standard InChI is InChI=1S/C24H22N4OS/c1-16(2)17-8-10-19(11-9-17)28-23(29)21(26-24(28)30)14-18-15-27(13-5-12-25)22-7-4-3-6-20(18)22/h3-4,6-11,14-16H,5,13H2,1-2H3,(H,26,30)/b21-14+. The van der Waals surface area contributed by atoms with Crippen LogP contribution in [0.1, 0.15) is 37.3 Å². The molecule has 1 amide bonds. The Bertz CT molecular complexity index is 1200. The minimum absolute atomic E-state index is 0.175. The average molecular weight is 415 g/mol. The van der Waals surface area contributed by atoms with Crippen molar-refractivity contribution < 1.29 is 4.79 Å². The zero-order valence-electron chi connectivity index (χ0n) is 16.9. The average Bonchev–Trinajstić information content (AvgIpc) is 3.23. The number of hydrogen-bond acceptors (Lipinski definition) is 3. The molecule has 1 aliphatic rings. The van der Waals surface area contributed by atoms with Crippen LogP contribution in [0.25, 0.3) is 17.0 Å². The highest BCUT2D eigenvalue weighted by Gasteiger charge is 2.32. The maximum absolute atomic E-state index is 13.1. The van der Waals surface area contributed by atoms with Crippen molar-refractivity contribution in [2.75, 3.05) is 4.90 Å². The number of nitrogens with one attached hydrogen (secondary N) is 1. The third-order valence-corrected chi connectivity index (χ3v) is 5.56. The molecule has 30 heavy (non-hydrogen) atoms. The van der Waals surface area contributed by atoms with Gasteiger partial charge in [0.15, 0.2) is 5.11 Å². The summed E-state index contributed by atoms with van der Waals surface area (Å²) in [5, 5.41) is 13.4. The molecule has 0 radical (unpaired) electrons. The van der Waals surface area contributed by atoms with Gasteiger partial charge in [0.2, 0.25) is 0 Å². The molecule has 0 bridgehead atoms. The van der Waals surface area contributed by atoms with Crippen molar-refractivity contribution >= 4 is 45.9 Å². The molecular formula is C24H22N4OS. The van der Waals surface area contributed by atoms with Gasteiger partial charge in [0.1, 0.15) is 5.70 Å². The van der Waals surface area contributed by atoms with Gasteiger partial charge in [-0.05, 0) is 48.0 Å². The van der Waals surface area contributed by atoms with Crippen LogP contribution in [0.4, 0.5) is 5.69 Å². The van der Waals surface area contributed by atoms with Gasteiger partial charge < -0.3 is 9.88 Å². The fourth-order valence-electron chi connectivity index (χ4n) is 3.68. The van der Waals surface area contributed by atoms with Gasteiger partial charge in [-0.1, -0.05) is 44.2 Å². The van der Waals surface area contributed by atoms with E-state index in [1.54, 1.807) is 0 Å². The number of aromatic nitrogens is 1. The van der Waals surface area contributed by atoms with E-state index in [2.05, 4.69) is 25.2 Å². The first-order chi connectivity index (χ1) is 14.5. The SMILES string of the molecule is CC(C)c1ccc(N2C(=O)/C(=C\c3cn(CCC#N)c4ccccc34)NC2=S)cc1. The second-order valence-corrected chi connectivity index (χ2v) is 7.96. The summed E-state index contributed by atoms with van der Waals surface area (Å²) < 4.78 is 2.05. The lowest BCUT2D eigenvalue weighted by atomic mass is 10.0. The van der Waals surface area contributed by atoms with Crippen molar-refractivity contribution in [1.29, 1.82) is 5.26 Å². The molecule has 0 spiro atoms. The topological polar surface area (TPSA) is 61.1 Å². The Hall–Kier alpha value is -3.43. The number of carbonyl (C=O) groups excluding carboxylic acids is 1. The Morgan fingerprint density at radius 2 is 1.90 bits per heavy atom. The zero-order chi connectivity index (χ0) is 21.3. The monoisotopic (exact) mass is 414 g/mol. The van der Waals surface area contributed by atoms with E-state index in [-0.39, 0.29) is 5.91 Å². The van der Waals surface area contributed by atoms with E-state index in [0.717, 1.165) is 22.2 Å². The van der Waals surface area contributed by atoms with Crippen LogP contribution in [0.5, 0.6) is 0 Å². The normalized spacial score (nSPS) is 15.3. The lowest BCUT2D eigenvalue weighted by Crippen LogP contribution is -2.30. The number of thiocarbonyl (C=S) groups is 1. The number of anilines is 1. The molecule has 1 aromatic heterocycles. The van der Waals surface area contributed by atoms with Crippen molar-refractivity contribution in [2.45, 2.75) is 32.7 Å². The van der Waals surface area contributed by atoms with E-state index in [9.17, 15) is 4.79 Å². The summed E-state index contributed by atoms with van der Waals surface area (Å²) in [7, 11) is 0. The molecule has 1 saturated heterocycles. The van der Waals surface area contributed by atoms with Crippen LogP contribution in [0, 0.1) is 11.3 Å². The summed E-state index contributed by atoms with van der Waals surface area (Å²) in [6.45, 7) is 4.88. The molecule has 2 heterocycles. The van der Waals surface area contributed by atoms with Crippen molar-refractivity contribution in [3.8, 4) is 6.07 Å². The van der Waals surface area contributed by atoms with E-state index in [0.29, 0.717) is 29.7 Å². The molecule has 5 nitrogen and oxygen atoms in total. The van der Waals surface area contributed by atoms with Crippen LogP contribution in [0.15, 0.2) is 60.4 Å². The molecular weight excluding hydrogens is 392 g/mol. The number of nitrogens with zero attached hydrogens (tertiary/aromatic N) is 3. The number of amides is 1. The lowest BCUT2D eigenvalue weighted by Gasteiger charge is -2.15. The predicted molar refractivity (Wildman–Crippen MR) is 124 cm³/mol. The first kappa shape index (κ1) is 19.9. The van der Waals surface area contributed by atoms with E-state index >= 15 is 0 Å². The molecule has 6 heteroatoms. The van der Waals surface area contributed by atoms with E-state index in [4.69, 9.17) is 17.5 Å². The number of para-hydroxylation sites is 1. The summed E-state index contributed by atoms with van der Waals surface area (Å²) >= 11 is 5.45. The van der Waals surface area contributed by atoms with Crippen molar-refractivity contribution in [3.63, 3.8) is 0 Å². The quantitative estimate of drug-likeness (QED) is 0.474. The maximum atomic E-state index is 13.1. The Labute approximate surface area is 181 Å². The van der Waals surface area contributed by atoms with E-state index in [1.165, 1.54) is 10.5 Å². The number of fused-ring (bicyclic) bond motifs is 1. The predicted octanol–water partition coefficient (Wildman–Crippen LogP) is 4.94. The van der Waals surface area contributed by atoms with Gasteiger partial charge in [-0.2, -0.15) is 5.26 Å². The molecule has 4 rings (SSSR count). The van der Waals surface area contributed by atoms with Gasteiger partial charge in [-0.15, -0.1) is 0 Å². The highest BCUT2D eigenvalue weighted by Crippen LogP contribution is 2.28. The molecule has 0 atom stereocenters. The maximum Gasteiger partial charge on any atom is 0.281 e. The van der Waals surface area contributed by atoms with Crippen molar-refractivity contribution in [1.82, 2.24) is 9.88 Å². The third kappa shape index (κ3) is 3.60. The lowest BCUT2D eigenvalue weighted by molar-refractivity contribution is -0.113. The number of carbonyl (C=O) groups is 1. The Morgan fingerprint density at radius 1 is 1.17 bits per heavy atom. The smallest absolute Gasteiger partial charge is 0.281 e. The molecule has 1 N–H and O–H groups in total. The van der Waals surface area contributed by atoms with Gasteiger partial charge in [0, 0.05) is 29.2 Å². The number of nitriles is 1. The molecule has 0 aliphatic carbocycles. The Kier molecular flexibility index (Phi) is 5.39. The summed E-state index contributed by atoms with van der Waals surface area (Å²) in [5.41, 5.74) is 4.36. The summed E-state index contributed by atoms with van der Waals surface area (Å²) in [6, 6.07) is 18.1. The van der Waals surface area contributed by atoms with Crippen molar-refractivity contribution in [2.24, 2.45) is 0 Å². The van der Waals surface area contributed by atoms with E-state index in [1.807, 2.05) is 65.4 Å². The molecule has 0 saturated carbocycles. The summed E-state index contributed by atoms with van der Waals surface area (Å²) in [5.74, 6) is 0.248. The number of hydrogen-bond donors (Lipinski definition) is 1. The van der Waals surface area contributed by atoms with Crippen LogP contribution in [-0.4, -0.2) is 15.6 Å². The van der Waals surface area contributed by atoms with Crippen LogP contribution >= 0.6 is 12.2 Å². The highest BCUT2D eigenvalue weighted by molar-refractivity contribution is 7.80. The molecule has 2 aromatic carbocycles. The second kappa shape index (κ2) is 8.13. The van der Waals surface area contributed by atoms with Gasteiger partial charge >= 0.3 is 0 Å². The van der Waals surface area contributed by atoms with E-state index < -0.39 is 0 Å². The fourth-order valence-corrected chi connectivity index (χ4v) is 3.98. The van der Waals surface area contributed by atoms with Gasteiger partial charge in [-0.3, -0.25) is 9.69 Å². The highest BCUT2D eigenvalue weighted by atomic mass is 32.1. The molecule has 150 valence electrons. The fraction of sp³-hybridized carbons (Fsp3) is 0.208. The third-order valence-electron chi connectivity index (χ3n) is 5.28. The number of rotatable bonds is 5. The number of aryl methyl sites for hydroxylation is 1. The second-order valence-electron chi connectivity index (χ2n) is 7.58. The van der Waals surface area contributed by atoms with Crippen LogP contribution < -0.4 is 10.2 Å². The summed E-state index contributed by atoms with van der Waals surface area (Å²) in [4.78, 5) is 14.6. The number of benzene rings is 2. The zero-order valence-corrected chi connectivity index (χ0v) is 17.7. The molecule has 1 fully saturated rings. The Morgan fingerprint density at radius 3 is 2.60 bits per heavy atom. The van der Waals surface area contributed by atoms with Gasteiger partial charge in [0.25, 0.3) is 5.91 Å². The van der Waals surface area contributed by atoms with Gasteiger partial charge in [-0.25, -0.2) is 0 Å². The minimum Gasteiger partial charge on any atom is -0.346 e. The van der Waals surface area contributed by atoms with Crippen LogP contribution in [-0.2, 0) is 11.3 Å². The molecule has 3 aromatic rings. The first-order valence-corrected chi connectivity index (χ1v) is 10.3. The largest absolute Gasteiger partial charge is 0.346 e. The van der Waals surface area contributed by atoms with Gasteiger partial charge in [0.05, 0.1) is 18.2 Å². The van der Waals surface area contributed by atoms with Crippen molar-refractivity contribution in [3.05, 3.63) is 71.6 Å². The van der Waals surface area contributed by atoms with Crippen LogP contribution in [0.2, 0.25) is 0 Å². The summed E-state index contributed by atoms with van der Waals surface area (Å²) in [6.07, 6.45) is 4.24. The first-order valence-electron chi connectivity index (χ1n) is 9.91. The minimum atomic E-state index is -0.175. The molecule has 0 unspecified atom stereocenters. The Balaban J connectivity index is 1.68. The van der Waals surface area contributed by atoms with Crippen LogP contribution in [0.3, 0.4) is 0 Å². The molecule has 1 aliphatic heterocycles.